The van der Waals surface area contributed by atoms with E-state index in [0.717, 1.165) is 11.0 Å². The minimum atomic E-state index is -0.414. The highest BCUT2D eigenvalue weighted by Crippen LogP contribution is 2.10. The summed E-state index contributed by atoms with van der Waals surface area (Å²) in [5.41, 5.74) is 6.92. The van der Waals surface area contributed by atoms with Gasteiger partial charge in [0.1, 0.15) is 0 Å². The zero-order chi connectivity index (χ0) is 11.1. The van der Waals surface area contributed by atoms with Crippen LogP contribution >= 0.6 is 0 Å². The van der Waals surface area contributed by atoms with E-state index in [1.165, 1.54) is 0 Å². The molecule has 2 rings (SSSR count). The number of fused-ring (bicyclic) bond motifs is 1. The fraction of sp³-hybridized carbons (Fsp3) is 0.400. The molecule has 0 saturated carbocycles. The zero-order valence-electron chi connectivity index (χ0n) is 8.82. The van der Waals surface area contributed by atoms with Crippen LogP contribution < -0.4 is 11.4 Å². The van der Waals surface area contributed by atoms with Gasteiger partial charge in [0.15, 0.2) is 0 Å². The number of imidazole rings is 1. The van der Waals surface area contributed by atoms with Gasteiger partial charge in [-0.25, -0.2) is 4.79 Å². The average Bonchev–Trinajstić information content (AvgIpc) is 2.41. The molecule has 0 aliphatic heterocycles. The van der Waals surface area contributed by atoms with Crippen LogP contribution in [0.15, 0.2) is 23.3 Å². The minimum absolute atomic E-state index is 0.142. The first-order chi connectivity index (χ1) is 6.97. The standard InChI is InChI=1S/C10H14N4O/c1-10(2,11)6-14-8-3-4-12-5-7(8)13-9(14)15/h3-5H,6,11H2,1-2H3,(H,13,15). The Morgan fingerprint density at radius 2 is 2.33 bits per heavy atom. The van der Waals surface area contributed by atoms with Crippen LogP contribution in [0.25, 0.3) is 11.0 Å². The van der Waals surface area contributed by atoms with Gasteiger partial charge in [-0.15, -0.1) is 0 Å². The SMILES string of the molecule is CC(C)(N)Cn1c(=O)[nH]c2cnccc21. The predicted octanol–water partition coefficient (Wildman–Crippen LogP) is 0.462. The Hall–Kier alpha value is -1.62. The van der Waals surface area contributed by atoms with Crippen molar-refractivity contribution in [3.8, 4) is 0 Å². The Morgan fingerprint density at radius 3 is 3.00 bits per heavy atom. The van der Waals surface area contributed by atoms with Crippen LogP contribution in [-0.2, 0) is 6.54 Å². The van der Waals surface area contributed by atoms with E-state index < -0.39 is 5.54 Å². The molecule has 0 spiro atoms. The maximum atomic E-state index is 11.6. The minimum Gasteiger partial charge on any atom is -0.324 e. The van der Waals surface area contributed by atoms with Gasteiger partial charge in [0, 0.05) is 18.3 Å². The van der Waals surface area contributed by atoms with Gasteiger partial charge >= 0.3 is 5.69 Å². The van der Waals surface area contributed by atoms with E-state index >= 15 is 0 Å². The van der Waals surface area contributed by atoms with Crippen molar-refractivity contribution in [2.75, 3.05) is 0 Å². The molecule has 0 fully saturated rings. The van der Waals surface area contributed by atoms with Gasteiger partial charge < -0.3 is 10.7 Å². The van der Waals surface area contributed by atoms with Crippen LogP contribution in [0.3, 0.4) is 0 Å². The van der Waals surface area contributed by atoms with Gasteiger partial charge in [-0.1, -0.05) is 0 Å². The van der Waals surface area contributed by atoms with E-state index in [-0.39, 0.29) is 5.69 Å². The molecule has 0 radical (unpaired) electrons. The number of nitrogens with one attached hydrogen (secondary N) is 1. The summed E-state index contributed by atoms with van der Waals surface area (Å²) in [6.45, 7) is 4.26. The van der Waals surface area contributed by atoms with Gasteiger partial charge in [0.25, 0.3) is 0 Å². The van der Waals surface area contributed by atoms with Gasteiger partial charge in [0.2, 0.25) is 0 Å². The first-order valence-corrected chi connectivity index (χ1v) is 4.79. The zero-order valence-corrected chi connectivity index (χ0v) is 8.82. The van der Waals surface area contributed by atoms with Gasteiger partial charge in [-0.2, -0.15) is 0 Å². The Kier molecular flexibility index (Phi) is 2.12. The number of rotatable bonds is 2. The maximum Gasteiger partial charge on any atom is 0.326 e. The van der Waals surface area contributed by atoms with Crippen LogP contribution in [0, 0.1) is 0 Å². The van der Waals surface area contributed by atoms with Crippen molar-refractivity contribution in [2.24, 2.45) is 5.73 Å². The Morgan fingerprint density at radius 1 is 1.60 bits per heavy atom. The summed E-state index contributed by atoms with van der Waals surface area (Å²) in [6.07, 6.45) is 3.30. The number of aromatic nitrogens is 3. The largest absolute Gasteiger partial charge is 0.326 e. The molecule has 2 heterocycles. The molecule has 0 aliphatic carbocycles. The Balaban J connectivity index is 2.60. The first kappa shape index (κ1) is 9.92. The lowest BCUT2D eigenvalue weighted by Crippen LogP contribution is -2.39. The molecule has 0 amide bonds. The van der Waals surface area contributed by atoms with Crippen LogP contribution in [0.4, 0.5) is 0 Å². The molecule has 0 saturated heterocycles. The van der Waals surface area contributed by atoms with E-state index in [4.69, 9.17) is 5.73 Å². The number of hydrogen-bond acceptors (Lipinski definition) is 3. The van der Waals surface area contributed by atoms with Crippen LogP contribution in [0.5, 0.6) is 0 Å². The third-order valence-electron chi connectivity index (χ3n) is 2.14. The summed E-state index contributed by atoms with van der Waals surface area (Å²) in [6, 6.07) is 1.80. The molecule has 5 nitrogen and oxygen atoms in total. The molecule has 80 valence electrons. The topological polar surface area (TPSA) is 76.7 Å². The molecule has 15 heavy (non-hydrogen) atoms. The fourth-order valence-electron chi connectivity index (χ4n) is 1.58. The van der Waals surface area contributed by atoms with Crippen molar-refractivity contribution in [1.82, 2.24) is 14.5 Å². The molecule has 2 aromatic rings. The van der Waals surface area contributed by atoms with Gasteiger partial charge in [-0.05, 0) is 19.9 Å². The van der Waals surface area contributed by atoms with E-state index in [9.17, 15) is 4.79 Å². The summed E-state index contributed by atoms with van der Waals surface area (Å²) in [4.78, 5) is 18.3. The molecule has 5 heteroatoms. The second kappa shape index (κ2) is 3.20. The number of pyridine rings is 1. The molecule has 3 N–H and O–H groups in total. The maximum absolute atomic E-state index is 11.6. The van der Waals surface area contributed by atoms with Crippen molar-refractivity contribution < 1.29 is 0 Å². The fourth-order valence-corrected chi connectivity index (χ4v) is 1.58. The summed E-state index contributed by atoms with van der Waals surface area (Å²) in [5.74, 6) is 0. The van der Waals surface area contributed by atoms with Crippen molar-refractivity contribution >= 4 is 11.0 Å². The number of H-pyrrole nitrogens is 1. The molecule has 2 aromatic heterocycles. The normalized spacial score (nSPS) is 12.2. The summed E-state index contributed by atoms with van der Waals surface area (Å²) in [7, 11) is 0. The molecular weight excluding hydrogens is 192 g/mol. The van der Waals surface area contributed by atoms with Gasteiger partial charge in [-0.3, -0.25) is 9.55 Å². The van der Waals surface area contributed by atoms with E-state index in [1.807, 2.05) is 13.8 Å². The lowest BCUT2D eigenvalue weighted by atomic mass is 10.1. The Labute approximate surface area is 86.9 Å². The molecular formula is C10H14N4O. The van der Waals surface area contributed by atoms with Crippen molar-refractivity contribution in [3.05, 3.63) is 28.9 Å². The highest BCUT2D eigenvalue weighted by Gasteiger charge is 2.15. The average molecular weight is 206 g/mol. The second-order valence-corrected chi connectivity index (χ2v) is 4.40. The summed E-state index contributed by atoms with van der Waals surface area (Å²) >= 11 is 0. The molecule has 0 atom stereocenters. The smallest absolute Gasteiger partial charge is 0.324 e. The van der Waals surface area contributed by atoms with Crippen LogP contribution in [0.1, 0.15) is 13.8 Å². The third-order valence-corrected chi connectivity index (χ3v) is 2.14. The molecule has 0 bridgehead atoms. The predicted molar refractivity (Wildman–Crippen MR) is 58.6 cm³/mol. The van der Waals surface area contributed by atoms with Crippen molar-refractivity contribution in [2.45, 2.75) is 25.9 Å². The number of nitrogens with zero attached hydrogens (tertiary/aromatic N) is 2. The highest BCUT2D eigenvalue weighted by molar-refractivity contribution is 5.73. The van der Waals surface area contributed by atoms with Crippen LogP contribution in [0.2, 0.25) is 0 Å². The van der Waals surface area contributed by atoms with Crippen LogP contribution in [-0.4, -0.2) is 20.1 Å². The summed E-state index contributed by atoms with van der Waals surface area (Å²) in [5, 5.41) is 0. The van der Waals surface area contributed by atoms with E-state index in [2.05, 4.69) is 9.97 Å². The lowest BCUT2D eigenvalue weighted by Gasteiger charge is -2.18. The Bertz CT molecular complexity index is 532. The highest BCUT2D eigenvalue weighted by atomic mass is 16.1. The van der Waals surface area contributed by atoms with E-state index in [0.29, 0.717) is 6.54 Å². The number of aromatic amines is 1. The van der Waals surface area contributed by atoms with Crippen molar-refractivity contribution in [3.63, 3.8) is 0 Å². The molecule has 0 aromatic carbocycles. The first-order valence-electron chi connectivity index (χ1n) is 4.79. The second-order valence-electron chi connectivity index (χ2n) is 4.40. The monoisotopic (exact) mass is 206 g/mol. The third kappa shape index (κ3) is 1.92. The molecule has 0 unspecified atom stereocenters. The number of hydrogen-bond donors (Lipinski definition) is 2. The van der Waals surface area contributed by atoms with E-state index in [1.54, 1.807) is 23.0 Å². The number of nitrogens with two attached hydrogens (primary N) is 1. The van der Waals surface area contributed by atoms with Crippen molar-refractivity contribution in [1.29, 1.82) is 0 Å². The molecule has 0 aliphatic rings. The lowest BCUT2D eigenvalue weighted by molar-refractivity contribution is 0.434. The quantitative estimate of drug-likeness (QED) is 0.749. The van der Waals surface area contributed by atoms with Gasteiger partial charge in [0.05, 0.1) is 17.2 Å². The summed E-state index contributed by atoms with van der Waals surface area (Å²) < 4.78 is 1.64.